The number of ketones is 1. The predicted molar refractivity (Wildman–Crippen MR) is 135 cm³/mol. The van der Waals surface area contributed by atoms with Crippen LogP contribution in [-0.2, 0) is 32.4 Å². The summed E-state index contributed by atoms with van der Waals surface area (Å²) in [7, 11) is -4.29. The minimum absolute atomic E-state index is 0.000809. The number of hydrogen-bond acceptors (Lipinski definition) is 6. The van der Waals surface area contributed by atoms with Gasteiger partial charge in [-0.1, -0.05) is 47.5 Å². The molecule has 0 saturated carbocycles. The number of aryl methyl sites for hydroxylation is 1. The lowest BCUT2D eigenvalue weighted by molar-refractivity contribution is -0.387. The monoisotopic (exact) mass is 563 g/mol. The first kappa shape index (κ1) is 25.7. The van der Waals surface area contributed by atoms with Gasteiger partial charge in [-0.2, -0.15) is 4.31 Å². The van der Waals surface area contributed by atoms with Crippen LogP contribution in [0.15, 0.2) is 65.7 Å². The Bertz CT molecular complexity index is 1550. The second-order valence-electron chi connectivity index (χ2n) is 9.13. The minimum Gasteiger partial charge on any atom is -0.296 e. The highest BCUT2D eigenvalue weighted by molar-refractivity contribution is 7.89. The van der Waals surface area contributed by atoms with Gasteiger partial charge in [-0.3, -0.25) is 19.9 Å². The second kappa shape index (κ2) is 9.13. The molecule has 0 bridgehead atoms. The molecule has 0 radical (unpaired) electrons. The number of fused-ring (bicyclic) bond motifs is 2. The number of nitro groups is 1. The lowest BCUT2D eigenvalue weighted by atomic mass is 9.74. The van der Waals surface area contributed by atoms with Gasteiger partial charge in [0.2, 0.25) is 0 Å². The molecule has 192 valence electrons. The van der Waals surface area contributed by atoms with Crippen molar-refractivity contribution < 1.29 is 22.5 Å². The number of alkyl halides is 1. The normalized spacial score (nSPS) is 24.5. The molecule has 1 saturated heterocycles. The molecule has 2 heterocycles. The summed E-state index contributed by atoms with van der Waals surface area (Å²) in [6.45, 7) is -0.0178. The summed E-state index contributed by atoms with van der Waals surface area (Å²) in [5.74, 6) is -0.656. The smallest absolute Gasteiger partial charge is 0.289 e. The van der Waals surface area contributed by atoms with E-state index in [0.29, 0.717) is 15.6 Å². The van der Waals surface area contributed by atoms with Crippen molar-refractivity contribution in [1.29, 1.82) is 0 Å². The molecule has 12 heteroatoms. The molecule has 1 aliphatic heterocycles. The molecule has 3 aromatic rings. The number of Topliss-reactive ketones (excluding diaryl/α,β-unsaturated/α-hetero) is 1. The Morgan fingerprint density at radius 3 is 2.62 bits per heavy atom. The van der Waals surface area contributed by atoms with E-state index in [9.17, 15) is 23.3 Å². The second-order valence-corrected chi connectivity index (χ2v) is 11.8. The summed E-state index contributed by atoms with van der Waals surface area (Å²) in [5.41, 5.74) is -3.24. The quantitative estimate of drug-likeness (QED) is 0.217. The van der Waals surface area contributed by atoms with Gasteiger partial charge in [0.15, 0.2) is 16.3 Å². The third-order valence-electron chi connectivity index (χ3n) is 7.05. The van der Waals surface area contributed by atoms with Crippen LogP contribution in [0.3, 0.4) is 0 Å². The van der Waals surface area contributed by atoms with E-state index in [0.717, 1.165) is 10.4 Å². The van der Waals surface area contributed by atoms with Crippen LogP contribution in [0.4, 0.5) is 10.1 Å². The molecule has 8 nitrogen and oxygen atoms in total. The number of nitrogens with zero attached hydrogens (tertiary/aromatic N) is 3. The van der Waals surface area contributed by atoms with Crippen LogP contribution in [0, 0.1) is 10.1 Å². The van der Waals surface area contributed by atoms with Crippen molar-refractivity contribution in [3.05, 3.63) is 97.8 Å². The molecule has 0 N–H and O–H groups in total. The van der Waals surface area contributed by atoms with Crippen molar-refractivity contribution in [3.63, 3.8) is 0 Å². The standard InChI is InChI=1S/C25H20Cl2FN3O5S/c26-17-9-7-16(19(27)14-17)8-10-22(32)25(28)12-11-24(23-18(25)4-3-13-29-23)15-30(24)37(35,36)21-6-2-1-5-20(21)31(33)34/h1-7,9,13-14H,8,10-12,15H2/t24-,25-,30?/m0/s1. The molecule has 2 aliphatic rings. The van der Waals surface area contributed by atoms with Gasteiger partial charge in [0.05, 0.1) is 16.2 Å². The van der Waals surface area contributed by atoms with E-state index in [-0.39, 0.29) is 43.5 Å². The first-order chi connectivity index (χ1) is 17.5. The topological polar surface area (TPSA) is 110 Å². The Kier molecular flexibility index (Phi) is 6.34. The van der Waals surface area contributed by atoms with Crippen molar-refractivity contribution in [2.45, 2.75) is 41.8 Å². The minimum atomic E-state index is -4.29. The SMILES string of the molecule is O=C(CCc1ccc(Cl)cc1Cl)[C@]1(F)CC[C@]2(CN2S(=O)(=O)c2ccccc2[N+](=O)[O-])c2ncccc21. The third-order valence-corrected chi connectivity index (χ3v) is 9.59. The number of pyridine rings is 1. The number of aromatic nitrogens is 1. The van der Waals surface area contributed by atoms with E-state index in [2.05, 4.69) is 4.98 Å². The summed E-state index contributed by atoms with van der Waals surface area (Å²) >= 11 is 12.1. The van der Waals surface area contributed by atoms with E-state index in [1.807, 2.05) is 0 Å². The number of halogens is 3. The summed E-state index contributed by atoms with van der Waals surface area (Å²) in [6.07, 6.45) is 1.25. The van der Waals surface area contributed by atoms with E-state index in [4.69, 9.17) is 23.2 Å². The van der Waals surface area contributed by atoms with Gasteiger partial charge in [0.1, 0.15) is 0 Å². The molecule has 2 aromatic carbocycles. The van der Waals surface area contributed by atoms with Crippen LogP contribution in [0.2, 0.25) is 10.0 Å². The fourth-order valence-electron chi connectivity index (χ4n) is 5.05. The molecule has 0 amide bonds. The fraction of sp³-hybridized carbons (Fsp3) is 0.280. The summed E-state index contributed by atoms with van der Waals surface area (Å²) in [6, 6.07) is 12.9. The molecule has 1 fully saturated rings. The van der Waals surface area contributed by atoms with Crippen molar-refractivity contribution in [2.24, 2.45) is 0 Å². The van der Waals surface area contributed by atoms with Crippen LogP contribution in [-0.4, -0.2) is 35.0 Å². The van der Waals surface area contributed by atoms with Crippen LogP contribution in [0.1, 0.15) is 36.1 Å². The molecule has 1 unspecified atom stereocenters. The highest BCUT2D eigenvalue weighted by atomic mass is 35.5. The van der Waals surface area contributed by atoms with Gasteiger partial charge < -0.3 is 0 Å². The number of rotatable bonds is 7. The number of para-hydroxylation sites is 1. The molecular weight excluding hydrogens is 544 g/mol. The number of sulfonamides is 1. The molecule has 3 atom stereocenters. The maximum Gasteiger partial charge on any atom is 0.289 e. The van der Waals surface area contributed by atoms with E-state index in [1.165, 1.54) is 36.5 Å². The van der Waals surface area contributed by atoms with Gasteiger partial charge >= 0.3 is 0 Å². The predicted octanol–water partition coefficient (Wildman–Crippen LogP) is 5.36. The molecule has 37 heavy (non-hydrogen) atoms. The first-order valence-electron chi connectivity index (χ1n) is 11.4. The Morgan fingerprint density at radius 2 is 1.89 bits per heavy atom. The maximum atomic E-state index is 16.4. The van der Waals surface area contributed by atoms with Crippen LogP contribution in [0.25, 0.3) is 0 Å². The van der Waals surface area contributed by atoms with Crippen LogP contribution >= 0.6 is 23.2 Å². The Balaban J connectivity index is 1.45. The third kappa shape index (κ3) is 4.21. The van der Waals surface area contributed by atoms with Gasteiger partial charge in [-0.05, 0) is 49.1 Å². The zero-order valence-electron chi connectivity index (χ0n) is 19.2. The summed E-state index contributed by atoms with van der Waals surface area (Å²) in [4.78, 5) is 27.8. The number of carbonyl (C=O) groups excluding carboxylic acids is 1. The van der Waals surface area contributed by atoms with Gasteiger partial charge in [-0.15, -0.1) is 0 Å². The average molecular weight is 564 g/mol. The number of benzene rings is 2. The maximum absolute atomic E-state index is 16.4. The molecule has 1 aromatic heterocycles. The first-order valence-corrected chi connectivity index (χ1v) is 13.6. The molecular formula is C25H20Cl2FN3O5S. The Morgan fingerprint density at radius 1 is 1.14 bits per heavy atom. The van der Waals surface area contributed by atoms with Crippen LogP contribution in [0.5, 0.6) is 0 Å². The highest BCUT2D eigenvalue weighted by Gasteiger charge is 2.66. The zero-order chi connectivity index (χ0) is 26.6. The van der Waals surface area contributed by atoms with E-state index < -0.39 is 42.5 Å². The average Bonchev–Trinajstić information content (AvgIpc) is 3.62. The number of hydrogen-bond donors (Lipinski definition) is 0. The van der Waals surface area contributed by atoms with Gasteiger partial charge in [0.25, 0.3) is 15.7 Å². The molecule has 1 spiro atoms. The van der Waals surface area contributed by atoms with Crippen LogP contribution < -0.4 is 0 Å². The number of nitro benzene ring substituents is 1. The van der Waals surface area contributed by atoms with Crippen molar-refractivity contribution in [3.8, 4) is 0 Å². The number of carbonyl (C=O) groups is 1. The van der Waals surface area contributed by atoms with Gasteiger partial charge in [0, 0.05) is 40.8 Å². The Hall–Kier alpha value is -2.92. The molecule has 1 aliphatic carbocycles. The van der Waals surface area contributed by atoms with E-state index >= 15 is 4.39 Å². The largest absolute Gasteiger partial charge is 0.296 e. The lowest BCUT2D eigenvalue weighted by Gasteiger charge is -2.35. The van der Waals surface area contributed by atoms with Crippen molar-refractivity contribution in [2.75, 3.05) is 6.54 Å². The highest BCUT2D eigenvalue weighted by Crippen LogP contribution is 2.58. The van der Waals surface area contributed by atoms with Crippen molar-refractivity contribution >= 4 is 44.7 Å². The zero-order valence-corrected chi connectivity index (χ0v) is 21.6. The summed E-state index contributed by atoms with van der Waals surface area (Å²) < 4.78 is 44.4. The van der Waals surface area contributed by atoms with E-state index in [1.54, 1.807) is 18.2 Å². The van der Waals surface area contributed by atoms with Crippen molar-refractivity contribution in [1.82, 2.24) is 9.29 Å². The lowest BCUT2D eigenvalue weighted by Crippen LogP contribution is -2.41. The van der Waals surface area contributed by atoms with Gasteiger partial charge in [-0.25, -0.2) is 12.8 Å². The fourth-order valence-corrected chi connectivity index (χ4v) is 7.47. The summed E-state index contributed by atoms with van der Waals surface area (Å²) in [5, 5.41) is 12.3. The Labute approximate surface area is 222 Å². The molecule has 5 rings (SSSR count).